The minimum atomic E-state index is -1.36. The van der Waals surface area contributed by atoms with Gasteiger partial charge in [-0.2, -0.15) is 0 Å². The van der Waals surface area contributed by atoms with Gasteiger partial charge in [0.15, 0.2) is 0 Å². The molecule has 0 aliphatic rings. The van der Waals surface area contributed by atoms with Crippen LogP contribution < -0.4 is 10.2 Å². The third kappa shape index (κ3) is 3.94. The Labute approximate surface area is 111 Å². The van der Waals surface area contributed by atoms with Crippen molar-refractivity contribution < 1.29 is 19.1 Å². The van der Waals surface area contributed by atoms with Crippen LogP contribution in [-0.2, 0) is 4.79 Å². The molecule has 0 heterocycles. The quantitative estimate of drug-likeness (QED) is 0.848. The maximum absolute atomic E-state index is 13.5. The maximum atomic E-state index is 13.5. The van der Waals surface area contributed by atoms with Gasteiger partial charge in [-0.25, -0.2) is 9.18 Å². The number of carbonyl (C=O) groups is 2. The van der Waals surface area contributed by atoms with Crippen LogP contribution in [0.2, 0.25) is 0 Å². The zero-order valence-corrected chi connectivity index (χ0v) is 11.1. The number of halogens is 1. The van der Waals surface area contributed by atoms with Crippen LogP contribution in [0.15, 0.2) is 18.2 Å². The first-order chi connectivity index (χ1) is 8.82. The van der Waals surface area contributed by atoms with Crippen molar-refractivity contribution in [2.75, 3.05) is 18.5 Å². The van der Waals surface area contributed by atoms with E-state index in [2.05, 4.69) is 5.32 Å². The normalized spacial score (nSPS) is 10.4. The molecule has 0 bridgehead atoms. The summed E-state index contributed by atoms with van der Waals surface area (Å²) in [5, 5.41) is 11.7. The van der Waals surface area contributed by atoms with Gasteiger partial charge in [-0.3, -0.25) is 4.79 Å². The minimum absolute atomic E-state index is 0.00708. The number of rotatable bonds is 5. The Kier molecular flexibility index (Phi) is 4.86. The van der Waals surface area contributed by atoms with E-state index in [1.165, 1.54) is 17.0 Å². The zero-order valence-electron chi connectivity index (χ0n) is 11.1. The summed E-state index contributed by atoms with van der Waals surface area (Å²) in [6.07, 6.45) is 0. The first-order valence-corrected chi connectivity index (χ1v) is 5.85. The van der Waals surface area contributed by atoms with E-state index in [4.69, 9.17) is 5.11 Å². The molecule has 2 N–H and O–H groups in total. The molecule has 5 nitrogen and oxygen atoms in total. The third-order valence-electron chi connectivity index (χ3n) is 2.45. The highest BCUT2D eigenvalue weighted by Gasteiger charge is 2.19. The van der Waals surface area contributed by atoms with E-state index in [-0.39, 0.29) is 24.2 Å². The molecule has 0 saturated heterocycles. The van der Waals surface area contributed by atoms with Crippen LogP contribution in [0.1, 0.15) is 24.2 Å². The van der Waals surface area contributed by atoms with Crippen LogP contribution in [0.5, 0.6) is 0 Å². The summed E-state index contributed by atoms with van der Waals surface area (Å²) < 4.78 is 13.5. The summed E-state index contributed by atoms with van der Waals surface area (Å²) in [4.78, 5) is 24.1. The van der Waals surface area contributed by atoms with E-state index >= 15 is 0 Å². The largest absolute Gasteiger partial charge is 0.478 e. The van der Waals surface area contributed by atoms with E-state index in [1.807, 2.05) is 13.8 Å². The number of benzene rings is 1. The molecule has 1 aromatic rings. The standard InChI is InChI=1S/C13H17FN2O3/c1-8(2)15-11(17)7-16(3)10-6-4-5-9(14)12(10)13(18)19/h4-6,8H,7H2,1-3H3,(H,15,17)(H,18,19). The second-order valence-electron chi connectivity index (χ2n) is 4.52. The van der Waals surface area contributed by atoms with Crippen molar-refractivity contribution in [2.45, 2.75) is 19.9 Å². The van der Waals surface area contributed by atoms with Crippen molar-refractivity contribution in [2.24, 2.45) is 0 Å². The molecule has 0 radical (unpaired) electrons. The summed E-state index contributed by atoms with van der Waals surface area (Å²) in [6.45, 7) is 3.60. The Morgan fingerprint density at radius 1 is 1.42 bits per heavy atom. The molecule has 1 aromatic carbocycles. The molecule has 0 aliphatic carbocycles. The Hall–Kier alpha value is -2.11. The number of anilines is 1. The van der Waals surface area contributed by atoms with Crippen molar-refractivity contribution in [3.63, 3.8) is 0 Å². The molecule has 0 fully saturated rings. The Balaban J connectivity index is 2.94. The molecule has 0 unspecified atom stereocenters. The zero-order chi connectivity index (χ0) is 14.6. The number of hydrogen-bond acceptors (Lipinski definition) is 3. The highest BCUT2D eigenvalue weighted by molar-refractivity contribution is 5.95. The van der Waals surface area contributed by atoms with E-state index in [0.717, 1.165) is 6.07 Å². The second-order valence-corrected chi connectivity index (χ2v) is 4.52. The van der Waals surface area contributed by atoms with Crippen molar-refractivity contribution >= 4 is 17.6 Å². The number of aromatic carboxylic acids is 1. The van der Waals surface area contributed by atoms with E-state index < -0.39 is 17.3 Å². The molecule has 19 heavy (non-hydrogen) atoms. The molecule has 6 heteroatoms. The molecule has 1 amide bonds. The Morgan fingerprint density at radius 3 is 2.58 bits per heavy atom. The van der Waals surface area contributed by atoms with Gasteiger partial charge in [0.05, 0.1) is 12.2 Å². The molecule has 0 atom stereocenters. The monoisotopic (exact) mass is 268 g/mol. The summed E-state index contributed by atoms with van der Waals surface area (Å²) >= 11 is 0. The van der Waals surface area contributed by atoms with Crippen LogP contribution in [-0.4, -0.2) is 36.6 Å². The minimum Gasteiger partial charge on any atom is -0.478 e. The van der Waals surface area contributed by atoms with Gasteiger partial charge in [0, 0.05) is 13.1 Å². The van der Waals surface area contributed by atoms with Gasteiger partial charge in [-0.15, -0.1) is 0 Å². The van der Waals surface area contributed by atoms with Gasteiger partial charge in [0.25, 0.3) is 0 Å². The Morgan fingerprint density at radius 2 is 2.05 bits per heavy atom. The summed E-state index contributed by atoms with van der Waals surface area (Å²) in [7, 11) is 1.54. The van der Waals surface area contributed by atoms with Gasteiger partial charge in [0.2, 0.25) is 5.91 Å². The summed E-state index contributed by atoms with van der Waals surface area (Å²) in [5.41, 5.74) is -0.256. The highest BCUT2D eigenvalue weighted by atomic mass is 19.1. The lowest BCUT2D eigenvalue weighted by Crippen LogP contribution is -2.39. The molecule has 0 spiro atoms. The average molecular weight is 268 g/mol. The van der Waals surface area contributed by atoms with Gasteiger partial charge >= 0.3 is 5.97 Å². The van der Waals surface area contributed by atoms with E-state index in [9.17, 15) is 14.0 Å². The number of nitrogens with zero attached hydrogens (tertiary/aromatic N) is 1. The predicted octanol–water partition coefficient (Wildman–Crippen LogP) is 1.48. The van der Waals surface area contributed by atoms with Crippen LogP contribution in [0.25, 0.3) is 0 Å². The molecule has 0 aliphatic heterocycles. The predicted molar refractivity (Wildman–Crippen MR) is 69.9 cm³/mol. The molecule has 1 rings (SSSR count). The average Bonchev–Trinajstić information content (AvgIpc) is 2.26. The number of carboxylic acids is 1. The highest BCUT2D eigenvalue weighted by Crippen LogP contribution is 2.22. The van der Waals surface area contributed by atoms with Gasteiger partial charge in [-0.05, 0) is 26.0 Å². The second kappa shape index (κ2) is 6.17. The lowest BCUT2D eigenvalue weighted by atomic mass is 10.1. The van der Waals surface area contributed by atoms with Crippen molar-refractivity contribution in [3.05, 3.63) is 29.6 Å². The fourth-order valence-corrected chi connectivity index (χ4v) is 1.71. The van der Waals surface area contributed by atoms with Gasteiger partial charge < -0.3 is 15.3 Å². The lowest BCUT2D eigenvalue weighted by molar-refractivity contribution is -0.120. The number of hydrogen-bond donors (Lipinski definition) is 2. The number of likely N-dealkylation sites (N-methyl/N-ethyl adjacent to an activating group) is 1. The first-order valence-electron chi connectivity index (χ1n) is 5.85. The van der Waals surface area contributed by atoms with Crippen LogP contribution in [0.4, 0.5) is 10.1 Å². The van der Waals surface area contributed by atoms with E-state index in [0.29, 0.717) is 0 Å². The van der Waals surface area contributed by atoms with Crippen molar-refractivity contribution in [3.8, 4) is 0 Å². The van der Waals surface area contributed by atoms with Gasteiger partial charge in [0.1, 0.15) is 11.4 Å². The van der Waals surface area contributed by atoms with Crippen molar-refractivity contribution in [1.82, 2.24) is 5.32 Å². The smallest absolute Gasteiger partial charge is 0.340 e. The fourth-order valence-electron chi connectivity index (χ4n) is 1.71. The Bertz CT molecular complexity index is 489. The number of carbonyl (C=O) groups excluding carboxylic acids is 1. The molecule has 104 valence electrons. The van der Waals surface area contributed by atoms with E-state index in [1.54, 1.807) is 7.05 Å². The molecular weight excluding hydrogens is 251 g/mol. The first kappa shape index (κ1) is 14.9. The topological polar surface area (TPSA) is 69.6 Å². The van der Waals surface area contributed by atoms with Crippen LogP contribution in [0.3, 0.4) is 0 Å². The van der Waals surface area contributed by atoms with Gasteiger partial charge in [-0.1, -0.05) is 6.07 Å². The number of carboxylic acid groups (broad SMARTS) is 1. The summed E-state index contributed by atoms with van der Waals surface area (Å²) in [5.74, 6) is -2.43. The molecular formula is C13H17FN2O3. The van der Waals surface area contributed by atoms with Crippen LogP contribution >= 0.6 is 0 Å². The number of amides is 1. The summed E-state index contributed by atoms with van der Waals surface area (Å²) in [6, 6.07) is 3.95. The lowest BCUT2D eigenvalue weighted by Gasteiger charge is -2.21. The maximum Gasteiger partial charge on any atom is 0.340 e. The molecule has 0 saturated carbocycles. The number of nitrogens with one attached hydrogen (secondary N) is 1. The molecule has 0 aromatic heterocycles. The van der Waals surface area contributed by atoms with Crippen LogP contribution in [0, 0.1) is 5.82 Å². The van der Waals surface area contributed by atoms with Crippen molar-refractivity contribution in [1.29, 1.82) is 0 Å². The third-order valence-corrected chi connectivity index (χ3v) is 2.45. The SMILES string of the molecule is CC(C)NC(=O)CN(C)c1cccc(F)c1C(=O)O. The fraction of sp³-hybridized carbons (Fsp3) is 0.385.